The third-order valence-corrected chi connectivity index (χ3v) is 4.11. The highest BCUT2D eigenvalue weighted by Crippen LogP contribution is 2.31. The Morgan fingerprint density at radius 2 is 1.55 bits per heavy atom. The van der Waals surface area contributed by atoms with E-state index in [0.717, 1.165) is 12.1 Å². The Labute approximate surface area is 167 Å². The van der Waals surface area contributed by atoms with Crippen LogP contribution in [0, 0.1) is 11.6 Å². The number of anilines is 2. The van der Waals surface area contributed by atoms with Crippen LogP contribution >= 0.6 is 0 Å². The van der Waals surface area contributed by atoms with Gasteiger partial charge in [0.15, 0.2) is 23.1 Å². The van der Waals surface area contributed by atoms with Crippen molar-refractivity contribution in [3.05, 3.63) is 78.4 Å². The van der Waals surface area contributed by atoms with Crippen LogP contribution in [0.3, 0.4) is 0 Å². The van der Waals surface area contributed by atoms with Crippen molar-refractivity contribution in [1.29, 1.82) is 0 Å². The quantitative estimate of drug-likeness (QED) is 0.574. The van der Waals surface area contributed by atoms with Gasteiger partial charge in [0.25, 0.3) is 0 Å². The van der Waals surface area contributed by atoms with Crippen LogP contribution < -0.4 is 20.1 Å². The molecule has 0 aromatic heterocycles. The highest BCUT2D eigenvalue weighted by molar-refractivity contribution is 5.96. The normalized spacial score (nSPS) is 11.4. The van der Waals surface area contributed by atoms with E-state index in [1.807, 2.05) is 12.1 Å². The summed E-state index contributed by atoms with van der Waals surface area (Å²) in [6.45, 7) is 1.66. The number of halogens is 2. The van der Waals surface area contributed by atoms with E-state index in [1.165, 1.54) is 6.07 Å². The van der Waals surface area contributed by atoms with Crippen molar-refractivity contribution in [1.82, 2.24) is 0 Å². The second-order valence-corrected chi connectivity index (χ2v) is 6.26. The smallest absolute Gasteiger partial charge is 0.246 e. The fraction of sp³-hybridized carbons (Fsp3) is 0.136. The van der Waals surface area contributed by atoms with Gasteiger partial charge in [-0.05, 0) is 55.5 Å². The zero-order valence-electron chi connectivity index (χ0n) is 15.9. The minimum atomic E-state index is -1.02. The van der Waals surface area contributed by atoms with Crippen LogP contribution in [0.15, 0.2) is 66.7 Å². The summed E-state index contributed by atoms with van der Waals surface area (Å²) in [6, 6.07) is 17.0. The van der Waals surface area contributed by atoms with E-state index in [-0.39, 0.29) is 11.6 Å². The number of amides is 1. The van der Waals surface area contributed by atoms with Crippen molar-refractivity contribution in [2.45, 2.75) is 13.0 Å². The molecule has 0 saturated heterocycles. The van der Waals surface area contributed by atoms with Gasteiger partial charge in [0, 0.05) is 17.4 Å². The Morgan fingerprint density at radius 1 is 0.897 bits per heavy atom. The first-order valence-electron chi connectivity index (χ1n) is 8.89. The summed E-state index contributed by atoms with van der Waals surface area (Å²) in [5, 5.41) is 5.58. The lowest BCUT2D eigenvalue weighted by Crippen LogP contribution is -2.31. The molecule has 7 heteroatoms. The summed E-state index contributed by atoms with van der Waals surface area (Å²) in [5.74, 6) is -0.546. The predicted octanol–water partition coefficient (Wildman–Crippen LogP) is 5.20. The van der Waals surface area contributed by atoms with Crippen LogP contribution in [0.1, 0.15) is 6.92 Å². The molecule has 0 bridgehead atoms. The summed E-state index contributed by atoms with van der Waals surface area (Å²) in [6.07, 6.45) is 0. The molecule has 0 saturated carbocycles. The molecule has 1 unspecified atom stereocenters. The molecule has 5 nitrogen and oxygen atoms in total. The molecular formula is C22H20F2N2O3. The molecule has 0 aliphatic carbocycles. The molecule has 0 fully saturated rings. The van der Waals surface area contributed by atoms with Gasteiger partial charge in [0.05, 0.1) is 7.11 Å². The van der Waals surface area contributed by atoms with Crippen LogP contribution in [-0.2, 0) is 4.79 Å². The largest absolute Gasteiger partial charge is 0.493 e. The van der Waals surface area contributed by atoms with Crippen molar-refractivity contribution >= 4 is 17.3 Å². The molecule has 0 heterocycles. The van der Waals surface area contributed by atoms with E-state index >= 15 is 0 Å². The highest BCUT2D eigenvalue weighted by Gasteiger charge is 2.14. The molecule has 150 valence electrons. The summed E-state index contributed by atoms with van der Waals surface area (Å²) < 4.78 is 37.3. The van der Waals surface area contributed by atoms with Gasteiger partial charge in [-0.25, -0.2) is 8.78 Å². The molecule has 1 amide bonds. The summed E-state index contributed by atoms with van der Waals surface area (Å²) in [5.41, 5.74) is 0.883. The maximum Gasteiger partial charge on any atom is 0.246 e. The molecule has 0 spiro atoms. The maximum atomic E-state index is 13.3. The molecule has 0 aliphatic heterocycles. The van der Waals surface area contributed by atoms with Crippen LogP contribution in [0.5, 0.6) is 17.2 Å². The average molecular weight is 398 g/mol. The van der Waals surface area contributed by atoms with E-state index < -0.39 is 17.7 Å². The van der Waals surface area contributed by atoms with Gasteiger partial charge in [-0.2, -0.15) is 0 Å². The molecular weight excluding hydrogens is 378 g/mol. The van der Waals surface area contributed by atoms with Gasteiger partial charge in [-0.3, -0.25) is 4.79 Å². The van der Waals surface area contributed by atoms with Crippen LogP contribution in [-0.4, -0.2) is 19.1 Å². The Balaban J connectivity index is 1.59. The summed E-state index contributed by atoms with van der Waals surface area (Å²) >= 11 is 0. The fourth-order valence-corrected chi connectivity index (χ4v) is 2.59. The van der Waals surface area contributed by atoms with Crippen LogP contribution in [0.4, 0.5) is 20.2 Å². The van der Waals surface area contributed by atoms with Crippen molar-refractivity contribution in [3.63, 3.8) is 0 Å². The maximum absolute atomic E-state index is 13.3. The molecule has 29 heavy (non-hydrogen) atoms. The lowest BCUT2D eigenvalue weighted by Gasteiger charge is -2.16. The Kier molecular flexibility index (Phi) is 6.29. The van der Waals surface area contributed by atoms with E-state index in [1.54, 1.807) is 50.4 Å². The van der Waals surface area contributed by atoms with E-state index in [2.05, 4.69) is 10.6 Å². The minimum Gasteiger partial charge on any atom is -0.493 e. The van der Waals surface area contributed by atoms with Crippen molar-refractivity contribution in [2.75, 3.05) is 17.7 Å². The predicted molar refractivity (Wildman–Crippen MR) is 108 cm³/mol. The van der Waals surface area contributed by atoms with Gasteiger partial charge in [0.1, 0.15) is 11.8 Å². The fourth-order valence-electron chi connectivity index (χ4n) is 2.59. The number of benzene rings is 3. The minimum absolute atomic E-state index is 0.183. The van der Waals surface area contributed by atoms with Gasteiger partial charge in [0.2, 0.25) is 5.91 Å². The molecule has 3 aromatic rings. The third kappa shape index (κ3) is 5.22. The monoisotopic (exact) mass is 398 g/mol. The van der Waals surface area contributed by atoms with Crippen molar-refractivity contribution < 1.29 is 23.0 Å². The van der Waals surface area contributed by atoms with Crippen LogP contribution in [0.2, 0.25) is 0 Å². The number of hydrogen-bond donors (Lipinski definition) is 2. The molecule has 3 aromatic carbocycles. The van der Waals surface area contributed by atoms with Gasteiger partial charge < -0.3 is 20.1 Å². The lowest BCUT2D eigenvalue weighted by atomic mass is 10.2. The zero-order chi connectivity index (χ0) is 20.8. The first-order chi connectivity index (χ1) is 14.0. The first kappa shape index (κ1) is 20.1. The van der Waals surface area contributed by atoms with Crippen LogP contribution in [0.25, 0.3) is 0 Å². The van der Waals surface area contributed by atoms with E-state index in [4.69, 9.17) is 9.47 Å². The Hall–Kier alpha value is -3.61. The molecule has 1 atom stereocenters. The number of nitrogens with one attached hydrogen (secondary N) is 2. The highest BCUT2D eigenvalue weighted by atomic mass is 19.2. The Bertz CT molecular complexity index is 994. The lowest BCUT2D eigenvalue weighted by molar-refractivity contribution is -0.116. The van der Waals surface area contributed by atoms with Gasteiger partial charge in [-0.15, -0.1) is 0 Å². The average Bonchev–Trinajstić information content (AvgIpc) is 2.72. The van der Waals surface area contributed by atoms with Gasteiger partial charge >= 0.3 is 0 Å². The first-order valence-corrected chi connectivity index (χ1v) is 8.89. The third-order valence-electron chi connectivity index (χ3n) is 4.11. The number of hydrogen-bond acceptors (Lipinski definition) is 4. The number of carbonyl (C=O) groups is 1. The standard InChI is InChI=1S/C22H20F2N2O3/c1-14(22(27)26-16-9-12-18(23)19(24)13-16)25-15-7-10-17(11-8-15)29-21-6-4-3-5-20(21)28-2/h3-14,25H,1-2H3,(H,26,27). The number of ether oxygens (including phenoxy) is 2. The second kappa shape index (κ2) is 9.05. The summed E-state index contributed by atoms with van der Waals surface area (Å²) in [7, 11) is 1.57. The molecule has 2 N–H and O–H groups in total. The van der Waals surface area contributed by atoms with E-state index in [0.29, 0.717) is 22.9 Å². The number of carbonyl (C=O) groups excluding carboxylic acids is 1. The van der Waals surface area contributed by atoms with E-state index in [9.17, 15) is 13.6 Å². The Morgan fingerprint density at radius 3 is 2.21 bits per heavy atom. The number of rotatable bonds is 7. The molecule has 0 radical (unpaired) electrons. The zero-order valence-corrected chi connectivity index (χ0v) is 15.9. The summed E-state index contributed by atoms with van der Waals surface area (Å²) in [4.78, 5) is 12.3. The number of para-hydroxylation sites is 2. The number of methoxy groups -OCH3 is 1. The van der Waals surface area contributed by atoms with Crippen molar-refractivity contribution in [2.24, 2.45) is 0 Å². The molecule has 3 rings (SSSR count). The van der Waals surface area contributed by atoms with Crippen molar-refractivity contribution in [3.8, 4) is 17.2 Å². The SMILES string of the molecule is COc1ccccc1Oc1ccc(NC(C)C(=O)Nc2ccc(F)c(F)c2)cc1. The molecule has 0 aliphatic rings. The topological polar surface area (TPSA) is 59.6 Å². The van der Waals surface area contributed by atoms with Gasteiger partial charge in [-0.1, -0.05) is 12.1 Å². The second-order valence-electron chi connectivity index (χ2n) is 6.26.